The number of para-hydroxylation sites is 2. The molecule has 0 aliphatic carbocycles. The molecule has 0 N–H and O–H groups in total. The Morgan fingerprint density at radius 2 is 1.10 bits per heavy atom. The van der Waals surface area contributed by atoms with Crippen LogP contribution >= 0.6 is 7.60 Å². The first-order valence-electron chi connectivity index (χ1n) is 11.4. The maximum atomic E-state index is 13.8. The van der Waals surface area contributed by atoms with Crippen molar-refractivity contribution in [2.24, 2.45) is 0 Å². The first kappa shape index (κ1) is 23.2. The maximum absolute atomic E-state index is 13.8. The van der Waals surface area contributed by atoms with Crippen LogP contribution in [0.2, 0.25) is 0 Å². The Kier molecular flexibility index (Phi) is 9.24. The second kappa shape index (κ2) is 12.4. The van der Waals surface area contributed by atoms with E-state index >= 15 is 0 Å². The molecule has 4 heteroatoms. The quantitative estimate of drug-likeness (QED) is 0.201. The topological polar surface area (TPSA) is 35.5 Å². The van der Waals surface area contributed by atoms with Gasteiger partial charge in [0.1, 0.15) is 11.5 Å². The average molecular weight is 437 g/mol. The van der Waals surface area contributed by atoms with Gasteiger partial charge >= 0.3 is 7.60 Å². The third-order valence-electron chi connectivity index (χ3n) is 5.26. The average Bonchev–Trinajstić information content (AvgIpc) is 2.80. The fraction of sp³-hybridized carbons (Fsp3) is 0.333. The lowest BCUT2D eigenvalue weighted by Gasteiger charge is -2.20. The molecule has 3 aromatic carbocycles. The third-order valence-corrected chi connectivity index (χ3v) is 7.09. The van der Waals surface area contributed by atoms with E-state index in [-0.39, 0.29) is 0 Å². The molecule has 164 valence electrons. The minimum atomic E-state index is -3.58. The van der Waals surface area contributed by atoms with Gasteiger partial charge in [-0.05, 0) is 54.8 Å². The highest BCUT2D eigenvalue weighted by atomic mass is 31.2. The van der Waals surface area contributed by atoms with Gasteiger partial charge in [-0.1, -0.05) is 94.0 Å². The Bertz CT molecular complexity index is 878. The Morgan fingerprint density at radius 1 is 0.613 bits per heavy atom. The summed E-state index contributed by atoms with van der Waals surface area (Å²) in [5.74, 6) is 1.04. The van der Waals surface area contributed by atoms with Crippen molar-refractivity contribution < 1.29 is 13.6 Å². The molecule has 0 aliphatic rings. The van der Waals surface area contributed by atoms with Crippen LogP contribution in [-0.4, -0.2) is 0 Å². The number of benzene rings is 3. The van der Waals surface area contributed by atoms with Gasteiger partial charge in [0.05, 0.1) is 5.30 Å². The van der Waals surface area contributed by atoms with Crippen LogP contribution in [0.15, 0.2) is 84.9 Å². The number of aryl methyl sites for hydroxylation is 1. The Morgan fingerprint density at radius 3 is 1.61 bits per heavy atom. The summed E-state index contributed by atoms with van der Waals surface area (Å²) in [6.45, 7) is 2.25. The lowest BCUT2D eigenvalue weighted by Crippen LogP contribution is -2.15. The van der Waals surface area contributed by atoms with E-state index in [0.717, 1.165) is 6.42 Å². The van der Waals surface area contributed by atoms with E-state index in [0.29, 0.717) is 16.8 Å². The van der Waals surface area contributed by atoms with Crippen molar-refractivity contribution in [2.45, 2.75) is 58.3 Å². The van der Waals surface area contributed by atoms with E-state index in [4.69, 9.17) is 9.05 Å². The second-order valence-electron chi connectivity index (χ2n) is 7.84. The van der Waals surface area contributed by atoms with Crippen LogP contribution < -0.4 is 14.4 Å². The monoisotopic (exact) mass is 436 g/mol. The van der Waals surface area contributed by atoms with E-state index in [2.05, 4.69) is 6.92 Å². The van der Waals surface area contributed by atoms with Gasteiger partial charge in [-0.15, -0.1) is 0 Å². The Balaban J connectivity index is 1.65. The Labute approximate surface area is 187 Å². The lowest BCUT2D eigenvalue weighted by molar-refractivity contribution is 0.399. The maximum Gasteiger partial charge on any atom is 0.462 e. The van der Waals surface area contributed by atoms with E-state index in [1.807, 2.05) is 60.7 Å². The summed E-state index contributed by atoms with van der Waals surface area (Å²) >= 11 is 0. The van der Waals surface area contributed by atoms with Crippen LogP contribution in [0.25, 0.3) is 0 Å². The molecule has 0 amide bonds. The standard InChI is InChI=1S/C27H33O3P/c1-2-3-4-5-6-7-10-15-24-20-22-27(23-21-24)31(28,29-25-16-11-8-12-17-25)30-26-18-13-9-14-19-26/h8-9,11-14,16-23H,2-7,10,15H2,1H3. The molecule has 0 atom stereocenters. The minimum absolute atomic E-state index is 0.522. The molecule has 0 heterocycles. The molecule has 0 bridgehead atoms. The van der Waals surface area contributed by atoms with E-state index in [9.17, 15) is 4.57 Å². The van der Waals surface area contributed by atoms with Crippen molar-refractivity contribution in [3.8, 4) is 11.5 Å². The number of hydrogen-bond acceptors (Lipinski definition) is 3. The van der Waals surface area contributed by atoms with Crippen molar-refractivity contribution in [2.75, 3.05) is 0 Å². The van der Waals surface area contributed by atoms with Crippen molar-refractivity contribution in [3.05, 3.63) is 90.5 Å². The van der Waals surface area contributed by atoms with Gasteiger partial charge in [-0.3, -0.25) is 0 Å². The van der Waals surface area contributed by atoms with Gasteiger partial charge in [0.2, 0.25) is 0 Å². The van der Waals surface area contributed by atoms with E-state index in [1.54, 1.807) is 24.3 Å². The van der Waals surface area contributed by atoms with Crippen LogP contribution in [0.3, 0.4) is 0 Å². The summed E-state index contributed by atoms with van der Waals surface area (Å²) in [5, 5.41) is 0.559. The summed E-state index contributed by atoms with van der Waals surface area (Å²) in [5.41, 5.74) is 1.25. The van der Waals surface area contributed by atoms with Crippen molar-refractivity contribution in [3.63, 3.8) is 0 Å². The van der Waals surface area contributed by atoms with Crippen LogP contribution in [0.1, 0.15) is 57.4 Å². The molecule has 3 nitrogen and oxygen atoms in total. The van der Waals surface area contributed by atoms with Gasteiger partial charge in [0, 0.05) is 0 Å². The molecular weight excluding hydrogens is 403 g/mol. The molecule has 31 heavy (non-hydrogen) atoms. The smallest absolute Gasteiger partial charge is 0.413 e. The zero-order valence-electron chi connectivity index (χ0n) is 18.4. The first-order chi connectivity index (χ1) is 15.2. The van der Waals surface area contributed by atoms with Crippen molar-refractivity contribution >= 4 is 12.9 Å². The molecule has 0 fully saturated rings. The van der Waals surface area contributed by atoms with Gasteiger partial charge in [-0.25, -0.2) is 4.57 Å². The number of rotatable bonds is 13. The molecule has 0 unspecified atom stereocenters. The summed E-state index contributed by atoms with van der Waals surface area (Å²) in [6, 6.07) is 26.2. The molecule has 3 rings (SSSR count). The van der Waals surface area contributed by atoms with Gasteiger partial charge in [-0.2, -0.15) is 0 Å². The SMILES string of the molecule is CCCCCCCCCc1ccc(P(=O)(Oc2ccccc2)Oc2ccccc2)cc1. The zero-order valence-corrected chi connectivity index (χ0v) is 19.3. The van der Waals surface area contributed by atoms with Gasteiger partial charge in [0.25, 0.3) is 0 Å². The van der Waals surface area contributed by atoms with Crippen molar-refractivity contribution in [1.29, 1.82) is 0 Å². The Hall–Kier alpha value is -2.51. The van der Waals surface area contributed by atoms with Crippen LogP contribution in [0, 0.1) is 0 Å². The summed E-state index contributed by atoms with van der Waals surface area (Å²) in [7, 11) is -3.58. The highest BCUT2D eigenvalue weighted by molar-refractivity contribution is 7.63. The molecule has 0 aliphatic heterocycles. The molecule has 0 radical (unpaired) electrons. The third kappa shape index (κ3) is 7.60. The molecular formula is C27H33O3P. The highest BCUT2D eigenvalue weighted by Gasteiger charge is 2.31. The normalized spacial score (nSPS) is 11.3. The van der Waals surface area contributed by atoms with Crippen LogP contribution in [-0.2, 0) is 11.0 Å². The van der Waals surface area contributed by atoms with Crippen molar-refractivity contribution in [1.82, 2.24) is 0 Å². The summed E-state index contributed by atoms with van der Waals surface area (Å²) in [4.78, 5) is 0. The van der Waals surface area contributed by atoms with Crippen LogP contribution in [0.4, 0.5) is 0 Å². The molecule has 0 aromatic heterocycles. The van der Waals surface area contributed by atoms with Gasteiger partial charge in [0.15, 0.2) is 0 Å². The largest absolute Gasteiger partial charge is 0.462 e. The predicted octanol–water partition coefficient (Wildman–Crippen LogP) is 7.96. The molecule has 0 saturated carbocycles. The van der Waals surface area contributed by atoms with Crippen LogP contribution in [0.5, 0.6) is 11.5 Å². The predicted molar refractivity (Wildman–Crippen MR) is 130 cm³/mol. The molecule has 3 aromatic rings. The fourth-order valence-corrected chi connectivity index (χ4v) is 5.06. The summed E-state index contributed by atoms with van der Waals surface area (Å²) < 4.78 is 25.6. The molecule has 0 spiro atoms. The second-order valence-corrected chi connectivity index (χ2v) is 9.72. The highest BCUT2D eigenvalue weighted by Crippen LogP contribution is 2.47. The number of hydrogen-bond donors (Lipinski definition) is 0. The minimum Gasteiger partial charge on any atom is -0.413 e. The van der Waals surface area contributed by atoms with E-state index in [1.165, 1.54) is 50.5 Å². The van der Waals surface area contributed by atoms with Gasteiger partial charge < -0.3 is 9.05 Å². The molecule has 0 saturated heterocycles. The number of unbranched alkanes of at least 4 members (excludes halogenated alkanes) is 6. The van der Waals surface area contributed by atoms with E-state index < -0.39 is 7.60 Å². The first-order valence-corrected chi connectivity index (χ1v) is 12.9. The zero-order chi connectivity index (χ0) is 21.8. The fourth-order valence-electron chi connectivity index (χ4n) is 3.50. The summed E-state index contributed by atoms with van der Waals surface area (Å²) in [6.07, 6.45) is 10.1. The lowest BCUT2D eigenvalue weighted by atomic mass is 10.0.